The maximum Gasteiger partial charge on any atom is 0.283 e. The van der Waals surface area contributed by atoms with Gasteiger partial charge in [0.15, 0.2) is 5.82 Å². The lowest BCUT2D eigenvalue weighted by atomic mass is 10.1. The summed E-state index contributed by atoms with van der Waals surface area (Å²) in [5.41, 5.74) is 0.394. The molecule has 0 fully saturated rings. The largest absolute Gasteiger partial charge is 0.488 e. The Morgan fingerprint density at radius 3 is 3.00 bits per heavy atom. The number of halogens is 1. The molecule has 1 aliphatic heterocycles. The van der Waals surface area contributed by atoms with Gasteiger partial charge >= 0.3 is 0 Å². The van der Waals surface area contributed by atoms with Gasteiger partial charge in [-0.05, 0) is 13.0 Å². The minimum Gasteiger partial charge on any atom is -0.488 e. The second-order valence-corrected chi connectivity index (χ2v) is 4.29. The molecule has 0 spiro atoms. The number of aromatic amines is 1. The van der Waals surface area contributed by atoms with Gasteiger partial charge in [-0.1, -0.05) is 0 Å². The molecule has 2 heterocycles. The highest BCUT2D eigenvalue weighted by molar-refractivity contribution is 5.83. The van der Waals surface area contributed by atoms with Gasteiger partial charge in [-0.25, -0.2) is 9.37 Å². The number of benzene rings is 1. The van der Waals surface area contributed by atoms with Crippen molar-refractivity contribution in [1.82, 2.24) is 15.2 Å². The second kappa shape index (κ2) is 4.41. The summed E-state index contributed by atoms with van der Waals surface area (Å²) >= 11 is 0. The van der Waals surface area contributed by atoms with Crippen LogP contribution in [0.15, 0.2) is 12.1 Å². The fourth-order valence-electron chi connectivity index (χ4n) is 2.07. The van der Waals surface area contributed by atoms with Crippen LogP contribution < -0.4 is 0 Å². The van der Waals surface area contributed by atoms with Gasteiger partial charge in [0, 0.05) is 11.6 Å². The highest BCUT2D eigenvalue weighted by atomic mass is 19.1. The number of aromatic nitrogens is 3. The topological polar surface area (TPSA) is 93.9 Å². The minimum absolute atomic E-state index is 0.0865. The molecule has 0 atom stereocenters. The lowest BCUT2D eigenvalue weighted by molar-refractivity contribution is -0.385. The number of hydrogen-bond donors (Lipinski definition) is 1. The van der Waals surface area contributed by atoms with Gasteiger partial charge in [-0.2, -0.15) is 5.10 Å². The molecule has 1 N–H and O–H groups in total. The lowest BCUT2D eigenvalue weighted by Gasteiger charge is -2.00. The number of nitrogens with zero attached hydrogens (tertiary/aromatic N) is 3. The van der Waals surface area contributed by atoms with E-state index in [9.17, 15) is 14.5 Å². The predicted molar refractivity (Wildman–Crippen MR) is 66.8 cm³/mol. The van der Waals surface area contributed by atoms with Crippen molar-refractivity contribution in [3.63, 3.8) is 0 Å². The van der Waals surface area contributed by atoms with Crippen LogP contribution in [0.25, 0.3) is 11.8 Å². The highest BCUT2D eigenvalue weighted by Crippen LogP contribution is 2.38. The zero-order valence-electron chi connectivity index (χ0n) is 10.4. The maximum atomic E-state index is 13.3. The maximum absolute atomic E-state index is 13.3. The number of ether oxygens (including phenoxy) is 1. The van der Waals surface area contributed by atoms with Crippen LogP contribution in [0, 0.1) is 22.9 Å². The number of nitro benzene ring substituents is 1. The first-order valence-electron chi connectivity index (χ1n) is 5.75. The van der Waals surface area contributed by atoms with Crippen LogP contribution in [0.1, 0.15) is 22.8 Å². The smallest absolute Gasteiger partial charge is 0.283 e. The summed E-state index contributed by atoms with van der Waals surface area (Å²) in [5, 5.41) is 17.6. The third-order valence-electron chi connectivity index (χ3n) is 2.86. The third kappa shape index (κ3) is 2.00. The van der Waals surface area contributed by atoms with Crippen LogP contribution in [0.4, 0.5) is 10.1 Å². The van der Waals surface area contributed by atoms with Crippen molar-refractivity contribution in [2.45, 2.75) is 13.5 Å². The van der Waals surface area contributed by atoms with E-state index < -0.39 is 10.7 Å². The summed E-state index contributed by atoms with van der Waals surface area (Å²) in [7, 11) is 0. The summed E-state index contributed by atoms with van der Waals surface area (Å²) < 4.78 is 18.7. The summed E-state index contributed by atoms with van der Waals surface area (Å²) in [4.78, 5) is 14.5. The second-order valence-electron chi connectivity index (χ2n) is 4.29. The molecule has 7 nitrogen and oxygen atoms in total. The summed E-state index contributed by atoms with van der Waals surface area (Å²) in [6.07, 6.45) is 1.49. The number of rotatable bonds is 2. The molecule has 0 amide bonds. The van der Waals surface area contributed by atoms with Crippen LogP contribution in [0.2, 0.25) is 0 Å². The lowest BCUT2D eigenvalue weighted by Crippen LogP contribution is -1.96. The Morgan fingerprint density at radius 1 is 1.55 bits per heavy atom. The van der Waals surface area contributed by atoms with Crippen molar-refractivity contribution in [3.05, 3.63) is 50.8 Å². The van der Waals surface area contributed by atoms with Crippen LogP contribution in [0.3, 0.4) is 0 Å². The van der Waals surface area contributed by atoms with Crippen molar-refractivity contribution < 1.29 is 14.1 Å². The van der Waals surface area contributed by atoms with E-state index in [1.54, 1.807) is 6.92 Å². The van der Waals surface area contributed by atoms with Crippen molar-refractivity contribution in [2.75, 3.05) is 0 Å². The fraction of sp³-hybridized carbons (Fsp3) is 0.167. The number of hydrogen-bond acceptors (Lipinski definition) is 5. The number of nitrogens with one attached hydrogen (secondary N) is 1. The Bertz CT molecular complexity index is 738. The zero-order chi connectivity index (χ0) is 14.3. The average molecular weight is 276 g/mol. The standard InChI is InChI=1S/C12H9FN4O3/c1-6-14-11(16-15-6)4-10-12-7(5-20-10)2-8(13)3-9(12)17(18)19/h2-4H,5H2,1H3,(H,14,15,16). The SMILES string of the molecule is Cc1nc(C=C2OCc3cc(F)cc([N+](=O)[O-])c32)n[nH]1. The Labute approximate surface area is 112 Å². The zero-order valence-corrected chi connectivity index (χ0v) is 10.4. The Kier molecular flexibility index (Phi) is 2.70. The molecule has 102 valence electrons. The first kappa shape index (κ1) is 12.3. The van der Waals surface area contributed by atoms with Crippen molar-refractivity contribution in [3.8, 4) is 0 Å². The molecule has 8 heteroatoms. The molecule has 0 saturated heterocycles. The van der Waals surface area contributed by atoms with Gasteiger partial charge in [0.05, 0.1) is 11.0 Å². The quantitative estimate of drug-likeness (QED) is 0.670. The third-order valence-corrected chi connectivity index (χ3v) is 2.86. The van der Waals surface area contributed by atoms with Gasteiger partial charge < -0.3 is 4.74 Å². The monoisotopic (exact) mass is 276 g/mol. The molecule has 0 saturated carbocycles. The summed E-state index contributed by atoms with van der Waals surface area (Å²) in [6.45, 7) is 1.82. The van der Waals surface area contributed by atoms with E-state index in [1.165, 1.54) is 12.1 Å². The fourth-order valence-corrected chi connectivity index (χ4v) is 2.07. The number of fused-ring (bicyclic) bond motifs is 1. The number of nitro groups is 1. The summed E-state index contributed by atoms with van der Waals surface area (Å²) in [6, 6.07) is 2.11. The van der Waals surface area contributed by atoms with E-state index in [0.29, 0.717) is 17.2 Å². The molecular weight excluding hydrogens is 267 g/mol. The van der Waals surface area contributed by atoms with Gasteiger partial charge in [0.2, 0.25) is 0 Å². The number of aryl methyl sites for hydroxylation is 1. The van der Waals surface area contributed by atoms with Crippen molar-refractivity contribution in [2.24, 2.45) is 0 Å². The molecular formula is C12H9FN4O3. The van der Waals surface area contributed by atoms with Crippen LogP contribution >= 0.6 is 0 Å². The Balaban J connectivity index is 2.13. The highest BCUT2D eigenvalue weighted by Gasteiger charge is 2.29. The van der Waals surface area contributed by atoms with Crippen molar-refractivity contribution >= 4 is 17.5 Å². The molecule has 2 aromatic rings. The molecule has 0 unspecified atom stereocenters. The van der Waals surface area contributed by atoms with E-state index in [-0.39, 0.29) is 23.6 Å². The van der Waals surface area contributed by atoms with Gasteiger partial charge in [-0.3, -0.25) is 15.2 Å². The van der Waals surface area contributed by atoms with Crippen LogP contribution in [-0.2, 0) is 11.3 Å². The average Bonchev–Trinajstić information content (AvgIpc) is 2.96. The molecule has 1 aliphatic rings. The number of H-pyrrole nitrogens is 1. The molecule has 0 bridgehead atoms. The van der Waals surface area contributed by atoms with E-state index in [0.717, 1.165) is 6.07 Å². The molecule has 1 aromatic heterocycles. The van der Waals surface area contributed by atoms with Gasteiger partial charge in [0.1, 0.15) is 29.6 Å². The van der Waals surface area contributed by atoms with Crippen LogP contribution in [0.5, 0.6) is 0 Å². The minimum atomic E-state index is -0.658. The van der Waals surface area contributed by atoms with E-state index in [2.05, 4.69) is 15.2 Å². The predicted octanol–water partition coefficient (Wildman–Crippen LogP) is 2.19. The first-order valence-corrected chi connectivity index (χ1v) is 5.75. The molecule has 0 aliphatic carbocycles. The Morgan fingerprint density at radius 2 is 2.35 bits per heavy atom. The normalized spacial score (nSPS) is 15.2. The van der Waals surface area contributed by atoms with Gasteiger partial charge in [-0.15, -0.1) is 0 Å². The molecule has 1 aromatic carbocycles. The molecule has 0 radical (unpaired) electrons. The van der Waals surface area contributed by atoms with Crippen LogP contribution in [-0.4, -0.2) is 20.1 Å². The molecule has 3 rings (SSSR count). The van der Waals surface area contributed by atoms with Gasteiger partial charge in [0.25, 0.3) is 5.69 Å². The van der Waals surface area contributed by atoms with Crippen molar-refractivity contribution in [1.29, 1.82) is 0 Å². The van der Waals surface area contributed by atoms with E-state index in [4.69, 9.17) is 4.74 Å². The summed E-state index contributed by atoms with van der Waals surface area (Å²) in [5.74, 6) is 0.576. The Hall–Kier alpha value is -2.77. The first-order chi connectivity index (χ1) is 9.54. The van der Waals surface area contributed by atoms with E-state index >= 15 is 0 Å². The van der Waals surface area contributed by atoms with E-state index in [1.807, 2.05) is 0 Å². The molecule has 20 heavy (non-hydrogen) atoms.